The number of fused-ring (bicyclic) bond motifs is 1. The van der Waals surface area contributed by atoms with Gasteiger partial charge in [-0.25, -0.2) is 0 Å². The number of nitrogens with zero attached hydrogens (tertiary/aromatic N) is 1. The van der Waals surface area contributed by atoms with Crippen LogP contribution in [0.25, 0.3) is 10.8 Å². The first-order valence-corrected chi connectivity index (χ1v) is 8.58. The van der Waals surface area contributed by atoms with Gasteiger partial charge in [0, 0.05) is 31.5 Å². The zero-order valence-corrected chi connectivity index (χ0v) is 15.3. The second-order valence-electron chi connectivity index (χ2n) is 6.27. The summed E-state index contributed by atoms with van der Waals surface area (Å²) < 4.78 is 5.40. The van der Waals surface area contributed by atoms with Crippen LogP contribution >= 0.6 is 0 Å². The van der Waals surface area contributed by atoms with Crippen molar-refractivity contribution in [1.82, 2.24) is 5.32 Å². The molecule has 0 radical (unpaired) electrons. The second kappa shape index (κ2) is 7.87. The average molecular weight is 378 g/mol. The van der Waals surface area contributed by atoms with Gasteiger partial charge >= 0.3 is 5.97 Å². The van der Waals surface area contributed by atoms with E-state index in [0.29, 0.717) is 16.9 Å². The van der Waals surface area contributed by atoms with Crippen molar-refractivity contribution in [2.24, 2.45) is 0 Å². The van der Waals surface area contributed by atoms with E-state index in [4.69, 9.17) is 4.74 Å². The zero-order valence-electron chi connectivity index (χ0n) is 15.3. The summed E-state index contributed by atoms with van der Waals surface area (Å²) in [6.07, 6.45) is 0. The van der Waals surface area contributed by atoms with Crippen molar-refractivity contribution in [3.8, 4) is 5.75 Å². The third-order valence-electron chi connectivity index (χ3n) is 4.26. The standard InChI is InChI=1S/C21H18N2O5/c1-13(24)22-21(16-7-10-17(11-8-16)23(26)27)20-18-6-4-3-5-15(18)9-12-19(20)28-14(2)25/h3-12,21H,1-2H3,(H,22,24)/t21-/m1/s1. The lowest BCUT2D eigenvalue weighted by Crippen LogP contribution is -2.27. The van der Waals surface area contributed by atoms with E-state index in [0.717, 1.165) is 10.8 Å². The summed E-state index contributed by atoms with van der Waals surface area (Å²) in [5, 5.41) is 15.5. The maximum absolute atomic E-state index is 11.9. The first kappa shape index (κ1) is 19.0. The lowest BCUT2D eigenvalue weighted by Gasteiger charge is -2.23. The van der Waals surface area contributed by atoms with Crippen LogP contribution in [0.3, 0.4) is 0 Å². The van der Waals surface area contributed by atoms with Crippen molar-refractivity contribution in [1.29, 1.82) is 0 Å². The predicted molar refractivity (Wildman–Crippen MR) is 104 cm³/mol. The Morgan fingerprint density at radius 2 is 1.68 bits per heavy atom. The van der Waals surface area contributed by atoms with Crippen LogP contribution in [-0.4, -0.2) is 16.8 Å². The molecule has 1 amide bonds. The van der Waals surface area contributed by atoms with E-state index in [1.807, 2.05) is 30.3 Å². The normalized spacial score (nSPS) is 11.6. The molecule has 3 aromatic rings. The van der Waals surface area contributed by atoms with Crippen molar-refractivity contribution in [2.45, 2.75) is 19.9 Å². The minimum atomic E-state index is -0.654. The molecule has 0 aliphatic carbocycles. The first-order valence-electron chi connectivity index (χ1n) is 8.58. The van der Waals surface area contributed by atoms with E-state index in [2.05, 4.69) is 5.32 Å². The van der Waals surface area contributed by atoms with Gasteiger partial charge in [-0.15, -0.1) is 0 Å². The molecule has 0 heterocycles. The van der Waals surface area contributed by atoms with Crippen LogP contribution in [0, 0.1) is 10.1 Å². The van der Waals surface area contributed by atoms with Gasteiger partial charge in [0.15, 0.2) is 0 Å². The average Bonchev–Trinajstić information content (AvgIpc) is 2.66. The van der Waals surface area contributed by atoms with Crippen LogP contribution in [0.5, 0.6) is 5.75 Å². The van der Waals surface area contributed by atoms with E-state index in [1.54, 1.807) is 18.2 Å². The van der Waals surface area contributed by atoms with Crippen molar-refractivity contribution in [3.63, 3.8) is 0 Å². The number of esters is 1. The molecule has 1 N–H and O–H groups in total. The van der Waals surface area contributed by atoms with Crippen molar-refractivity contribution >= 4 is 28.3 Å². The molecular weight excluding hydrogens is 360 g/mol. The van der Waals surface area contributed by atoms with Crippen LogP contribution in [-0.2, 0) is 9.59 Å². The second-order valence-corrected chi connectivity index (χ2v) is 6.27. The number of amides is 1. The van der Waals surface area contributed by atoms with Gasteiger partial charge in [0.25, 0.3) is 5.69 Å². The highest BCUT2D eigenvalue weighted by Crippen LogP contribution is 2.37. The number of benzene rings is 3. The number of nitro benzene ring substituents is 1. The summed E-state index contributed by atoms with van der Waals surface area (Å²) in [5.41, 5.74) is 1.19. The number of ether oxygens (including phenoxy) is 1. The highest BCUT2D eigenvalue weighted by atomic mass is 16.6. The molecule has 3 rings (SSSR count). The monoisotopic (exact) mass is 378 g/mol. The smallest absolute Gasteiger partial charge is 0.308 e. The third-order valence-corrected chi connectivity index (χ3v) is 4.26. The number of carbonyl (C=O) groups is 2. The van der Waals surface area contributed by atoms with Crippen LogP contribution in [0.15, 0.2) is 60.7 Å². The van der Waals surface area contributed by atoms with Gasteiger partial charge in [0.2, 0.25) is 5.91 Å². The number of nitro groups is 1. The fraction of sp³-hybridized carbons (Fsp3) is 0.143. The van der Waals surface area contributed by atoms with Gasteiger partial charge in [-0.1, -0.05) is 30.3 Å². The fourth-order valence-corrected chi connectivity index (χ4v) is 3.13. The molecule has 7 heteroatoms. The van der Waals surface area contributed by atoms with Gasteiger partial charge in [0.05, 0.1) is 11.0 Å². The number of hydrogen-bond acceptors (Lipinski definition) is 5. The van der Waals surface area contributed by atoms with Crippen molar-refractivity contribution in [2.75, 3.05) is 0 Å². The van der Waals surface area contributed by atoms with Gasteiger partial charge < -0.3 is 10.1 Å². The quantitative estimate of drug-likeness (QED) is 0.314. The molecule has 7 nitrogen and oxygen atoms in total. The van der Waals surface area contributed by atoms with Gasteiger partial charge in [-0.2, -0.15) is 0 Å². The number of carbonyl (C=O) groups excluding carboxylic acids is 2. The Kier molecular flexibility index (Phi) is 5.35. The van der Waals surface area contributed by atoms with Crippen LogP contribution in [0.1, 0.15) is 31.0 Å². The topological polar surface area (TPSA) is 98.5 Å². The van der Waals surface area contributed by atoms with E-state index in [-0.39, 0.29) is 11.6 Å². The molecule has 0 bridgehead atoms. The number of hydrogen-bond donors (Lipinski definition) is 1. The molecule has 0 spiro atoms. The molecule has 0 aromatic heterocycles. The van der Waals surface area contributed by atoms with E-state index in [9.17, 15) is 19.7 Å². The summed E-state index contributed by atoms with van der Waals surface area (Å²) in [5.74, 6) is -0.449. The summed E-state index contributed by atoms with van der Waals surface area (Å²) in [6.45, 7) is 2.69. The Morgan fingerprint density at radius 3 is 2.29 bits per heavy atom. The third kappa shape index (κ3) is 3.98. The molecule has 0 fully saturated rings. The SMILES string of the molecule is CC(=O)N[C@H](c1ccc([N+](=O)[O-])cc1)c1c(OC(C)=O)ccc2ccccc12. The lowest BCUT2D eigenvalue weighted by molar-refractivity contribution is -0.384. The number of non-ortho nitro benzene ring substituents is 1. The Bertz CT molecular complexity index is 1060. The Morgan fingerprint density at radius 1 is 1.00 bits per heavy atom. The molecule has 0 aliphatic rings. The van der Waals surface area contributed by atoms with E-state index >= 15 is 0 Å². The Labute approximate surface area is 161 Å². The predicted octanol–water partition coefficient (Wildman–Crippen LogP) is 3.90. The summed E-state index contributed by atoms with van der Waals surface area (Å²) in [7, 11) is 0. The largest absolute Gasteiger partial charge is 0.426 e. The molecule has 142 valence electrons. The van der Waals surface area contributed by atoms with Gasteiger partial charge in [0.1, 0.15) is 5.75 Å². The maximum Gasteiger partial charge on any atom is 0.308 e. The summed E-state index contributed by atoms with van der Waals surface area (Å²) >= 11 is 0. The van der Waals surface area contributed by atoms with E-state index < -0.39 is 16.9 Å². The number of nitrogens with one attached hydrogen (secondary N) is 1. The highest BCUT2D eigenvalue weighted by Gasteiger charge is 2.23. The molecule has 3 aromatic carbocycles. The Hall–Kier alpha value is -3.74. The van der Waals surface area contributed by atoms with Gasteiger partial charge in [-0.05, 0) is 34.5 Å². The Balaban J connectivity index is 2.23. The van der Waals surface area contributed by atoms with Crippen molar-refractivity contribution < 1.29 is 19.2 Å². The van der Waals surface area contributed by atoms with Crippen LogP contribution < -0.4 is 10.1 Å². The van der Waals surface area contributed by atoms with Gasteiger partial charge in [-0.3, -0.25) is 19.7 Å². The van der Waals surface area contributed by atoms with Crippen LogP contribution in [0.4, 0.5) is 5.69 Å². The minimum Gasteiger partial charge on any atom is -0.426 e. The molecule has 1 atom stereocenters. The molecule has 0 saturated heterocycles. The lowest BCUT2D eigenvalue weighted by atomic mass is 9.92. The molecule has 0 unspecified atom stereocenters. The summed E-state index contributed by atoms with van der Waals surface area (Å²) in [6, 6.07) is 16.3. The zero-order chi connectivity index (χ0) is 20.3. The fourth-order valence-electron chi connectivity index (χ4n) is 3.13. The number of rotatable bonds is 5. The van der Waals surface area contributed by atoms with Crippen LogP contribution in [0.2, 0.25) is 0 Å². The summed E-state index contributed by atoms with van der Waals surface area (Å²) in [4.78, 5) is 34.0. The molecule has 28 heavy (non-hydrogen) atoms. The maximum atomic E-state index is 11.9. The first-order chi connectivity index (χ1) is 13.4. The minimum absolute atomic E-state index is 0.0524. The molecule has 0 saturated carbocycles. The highest BCUT2D eigenvalue weighted by molar-refractivity contribution is 5.90. The molecular formula is C21H18N2O5. The van der Waals surface area contributed by atoms with E-state index in [1.165, 1.54) is 26.0 Å². The van der Waals surface area contributed by atoms with Crippen molar-refractivity contribution in [3.05, 3.63) is 81.9 Å². The molecule has 0 aliphatic heterocycles.